The molecule has 0 fully saturated rings. The average Bonchev–Trinajstić information content (AvgIpc) is 2.84. The fourth-order valence-corrected chi connectivity index (χ4v) is 5.98. The Balaban J connectivity index is 2.23. The number of halogens is 1. The van der Waals surface area contributed by atoms with Crippen molar-refractivity contribution in [2.45, 2.75) is 31.0 Å². The van der Waals surface area contributed by atoms with E-state index < -0.39 is 10.0 Å². The first kappa shape index (κ1) is 15.1. The number of rotatable bonds is 4. The molecule has 0 spiro atoms. The Hall–Kier alpha value is -0.280. The van der Waals surface area contributed by atoms with Gasteiger partial charge in [0, 0.05) is 4.88 Å². The molecule has 0 bridgehead atoms. The Bertz CT molecular complexity index is 691. The van der Waals surface area contributed by atoms with Crippen LogP contribution in [0.2, 0.25) is 0 Å². The van der Waals surface area contributed by atoms with Crippen LogP contribution in [0.15, 0.2) is 20.1 Å². The molecule has 0 saturated heterocycles. The van der Waals surface area contributed by atoms with Gasteiger partial charge in [-0.2, -0.15) is 0 Å². The van der Waals surface area contributed by atoms with Crippen LogP contribution in [-0.4, -0.2) is 13.4 Å². The SMILES string of the molecule is Cc1nc(C)c(C(C)NS(=O)(=O)c2ccc(Br)s2)s1. The molecule has 1 N–H and O–H groups in total. The third kappa shape index (κ3) is 3.43. The van der Waals surface area contributed by atoms with E-state index >= 15 is 0 Å². The highest BCUT2D eigenvalue weighted by Crippen LogP contribution is 2.29. The van der Waals surface area contributed by atoms with E-state index in [1.807, 2.05) is 20.8 Å². The maximum atomic E-state index is 12.2. The molecule has 1 unspecified atom stereocenters. The summed E-state index contributed by atoms with van der Waals surface area (Å²) in [6, 6.07) is 3.04. The molecule has 4 nitrogen and oxygen atoms in total. The summed E-state index contributed by atoms with van der Waals surface area (Å²) in [5.41, 5.74) is 0.880. The Morgan fingerprint density at radius 3 is 2.47 bits per heavy atom. The van der Waals surface area contributed by atoms with Crippen LogP contribution in [0.4, 0.5) is 0 Å². The first-order valence-corrected chi connectivity index (χ1v) is 9.42. The van der Waals surface area contributed by atoms with Crippen molar-refractivity contribution in [3.63, 3.8) is 0 Å². The third-order valence-corrected chi connectivity index (χ3v) is 7.39. The smallest absolute Gasteiger partial charge is 0.247 e. The summed E-state index contributed by atoms with van der Waals surface area (Å²) in [6.45, 7) is 5.64. The van der Waals surface area contributed by atoms with Crippen LogP contribution in [0.5, 0.6) is 0 Å². The molecule has 0 aliphatic heterocycles. The van der Waals surface area contributed by atoms with E-state index in [2.05, 4.69) is 25.6 Å². The second-order valence-electron chi connectivity index (χ2n) is 4.08. The molecule has 104 valence electrons. The number of thiophene rings is 1. The van der Waals surface area contributed by atoms with Crippen LogP contribution in [-0.2, 0) is 10.0 Å². The van der Waals surface area contributed by atoms with Crippen LogP contribution in [0.25, 0.3) is 0 Å². The second-order valence-corrected chi connectivity index (χ2v) is 9.72. The fraction of sp³-hybridized carbons (Fsp3) is 0.364. The van der Waals surface area contributed by atoms with Gasteiger partial charge in [-0.25, -0.2) is 18.1 Å². The molecule has 0 aliphatic rings. The van der Waals surface area contributed by atoms with Gasteiger partial charge in [-0.05, 0) is 48.8 Å². The van der Waals surface area contributed by atoms with Crippen molar-refractivity contribution < 1.29 is 8.42 Å². The number of hydrogen-bond acceptors (Lipinski definition) is 5. The van der Waals surface area contributed by atoms with Crippen LogP contribution in [0.3, 0.4) is 0 Å². The van der Waals surface area contributed by atoms with Crippen molar-refractivity contribution in [3.05, 3.63) is 31.5 Å². The lowest BCUT2D eigenvalue weighted by Crippen LogP contribution is -2.26. The molecule has 8 heteroatoms. The largest absolute Gasteiger partial charge is 0.250 e. The minimum absolute atomic E-state index is 0.280. The fourth-order valence-electron chi connectivity index (χ4n) is 1.74. The van der Waals surface area contributed by atoms with Crippen LogP contribution >= 0.6 is 38.6 Å². The van der Waals surface area contributed by atoms with Crippen molar-refractivity contribution in [1.29, 1.82) is 0 Å². The average molecular weight is 381 g/mol. The maximum absolute atomic E-state index is 12.2. The van der Waals surface area contributed by atoms with E-state index in [1.165, 1.54) is 22.7 Å². The molecule has 0 amide bonds. The Morgan fingerprint density at radius 2 is 2.00 bits per heavy atom. The van der Waals surface area contributed by atoms with E-state index in [1.54, 1.807) is 12.1 Å². The van der Waals surface area contributed by atoms with Gasteiger partial charge in [-0.3, -0.25) is 0 Å². The van der Waals surface area contributed by atoms with Gasteiger partial charge in [0.1, 0.15) is 4.21 Å². The topological polar surface area (TPSA) is 59.1 Å². The minimum Gasteiger partial charge on any atom is -0.247 e. The first-order chi connectivity index (χ1) is 8.79. The Labute approximate surface area is 129 Å². The number of nitrogens with zero attached hydrogens (tertiary/aromatic N) is 1. The predicted octanol–water partition coefficient (Wildman–Crippen LogP) is 3.62. The normalized spacial score (nSPS) is 13.7. The second kappa shape index (κ2) is 5.61. The van der Waals surface area contributed by atoms with Gasteiger partial charge >= 0.3 is 0 Å². The summed E-state index contributed by atoms with van der Waals surface area (Å²) in [7, 11) is -3.48. The molecule has 2 heterocycles. The standard InChI is InChI=1S/C11H13BrN2O2S3/c1-6-11(17-8(3)13-6)7(2)14-19(15,16)10-5-4-9(12)18-10/h4-5,7,14H,1-3H3. The van der Waals surface area contributed by atoms with Crippen LogP contribution in [0.1, 0.15) is 28.5 Å². The van der Waals surface area contributed by atoms with E-state index in [9.17, 15) is 8.42 Å². The summed E-state index contributed by atoms with van der Waals surface area (Å²) >= 11 is 5.98. The lowest BCUT2D eigenvalue weighted by Gasteiger charge is -2.12. The summed E-state index contributed by atoms with van der Waals surface area (Å²) in [6.07, 6.45) is 0. The van der Waals surface area contributed by atoms with Gasteiger partial charge in [-0.1, -0.05) is 0 Å². The molecule has 0 radical (unpaired) electrons. The van der Waals surface area contributed by atoms with Gasteiger partial charge in [-0.15, -0.1) is 22.7 Å². The molecule has 0 aromatic carbocycles. The van der Waals surface area contributed by atoms with E-state index in [0.717, 1.165) is 19.4 Å². The van der Waals surface area contributed by atoms with Gasteiger partial charge in [0.25, 0.3) is 10.0 Å². The molecule has 2 rings (SSSR count). The Kier molecular flexibility index (Phi) is 4.46. The lowest BCUT2D eigenvalue weighted by atomic mass is 10.2. The van der Waals surface area contributed by atoms with Crippen LogP contribution in [0, 0.1) is 13.8 Å². The molecule has 0 aliphatic carbocycles. The first-order valence-electron chi connectivity index (χ1n) is 5.51. The molecule has 2 aromatic heterocycles. The minimum atomic E-state index is -3.48. The van der Waals surface area contributed by atoms with Gasteiger partial charge in [0.05, 0.1) is 20.5 Å². The summed E-state index contributed by atoms with van der Waals surface area (Å²) in [5.74, 6) is 0. The number of nitrogens with one attached hydrogen (secondary N) is 1. The highest BCUT2D eigenvalue weighted by atomic mass is 79.9. The van der Waals surface area contributed by atoms with Crippen molar-refractivity contribution in [1.82, 2.24) is 9.71 Å². The molecule has 19 heavy (non-hydrogen) atoms. The van der Waals surface area contributed by atoms with Crippen LogP contribution < -0.4 is 4.72 Å². The van der Waals surface area contributed by atoms with E-state index in [0.29, 0.717) is 4.21 Å². The monoisotopic (exact) mass is 380 g/mol. The van der Waals surface area contributed by atoms with Crippen molar-refractivity contribution in [2.24, 2.45) is 0 Å². The van der Waals surface area contributed by atoms with Gasteiger partial charge in [0.2, 0.25) is 0 Å². The third-order valence-electron chi connectivity index (χ3n) is 2.48. The molecular formula is C11H13BrN2O2S3. The van der Waals surface area contributed by atoms with E-state index in [-0.39, 0.29) is 6.04 Å². The number of sulfonamides is 1. The highest BCUT2D eigenvalue weighted by molar-refractivity contribution is 9.11. The number of thiazole rings is 1. The molecule has 1 atom stereocenters. The number of aromatic nitrogens is 1. The molecular weight excluding hydrogens is 368 g/mol. The summed E-state index contributed by atoms with van der Waals surface area (Å²) in [5, 5.41) is 0.942. The quantitative estimate of drug-likeness (QED) is 0.880. The lowest BCUT2D eigenvalue weighted by molar-refractivity contribution is 0.570. The Morgan fingerprint density at radius 1 is 1.32 bits per heavy atom. The molecule has 0 saturated carbocycles. The zero-order chi connectivity index (χ0) is 14.2. The summed E-state index contributed by atoms with van der Waals surface area (Å²) in [4.78, 5) is 5.27. The highest BCUT2D eigenvalue weighted by Gasteiger charge is 2.22. The van der Waals surface area contributed by atoms with Crippen molar-refractivity contribution >= 4 is 48.6 Å². The van der Waals surface area contributed by atoms with E-state index in [4.69, 9.17) is 0 Å². The predicted molar refractivity (Wildman–Crippen MR) is 82.3 cm³/mol. The van der Waals surface area contributed by atoms with Gasteiger partial charge in [0.15, 0.2) is 0 Å². The van der Waals surface area contributed by atoms with Crippen molar-refractivity contribution in [3.8, 4) is 0 Å². The molecule has 2 aromatic rings. The zero-order valence-electron chi connectivity index (χ0n) is 10.6. The zero-order valence-corrected chi connectivity index (χ0v) is 14.6. The number of hydrogen-bond donors (Lipinski definition) is 1. The van der Waals surface area contributed by atoms with Gasteiger partial charge < -0.3 is 0 Å². The summed E-state index contributed by atoms with van der Waals surface area (Å²) < 4.78 is 28.2. The number of aryl methyl sites for hydroxylation is 2. The maximum Gasteiger partial charge on any atom is 0.250 e. The van der Waals surface area contributed by atoms with Crippen molar-refractivity contribution in [2.75, 3.05) is 0 Å².